The van der Waals surface area contributed by atoms with Gasteiger partial charge in [-0.15, -0.1) is 0 Å². The molecule has 0 saturated carbocycles. The van der Waals surface area contributed by atoms with Crippen molar-refractivity contribution in [2.75, 3.05) is 0 Å². The molecule has 0 aromatic rings. The van der Waals surface area contributed by atoms with E-state index >= 15 is 0 Å². The second-order valence-electron chi connectivity index (χ2n) is 14.5. The molecule has 0 aliphatic carbocycles. The Kier molecular flexibility index (Phi) is 25.3. The van der Waals surface area contributed by atoms with Gasteiger partial charge in [-0.25, -0.2) is 0 Å². The molecule has 0 saturated heterocycles. The predicted molar refractivity (Wildman–Crippen MR) is 193 cm³/mol. The van der Waals surface area contributed by atoms with Crippen molar-refractivity contribution in [3.05, 3.63) is 5.92 Å². The molecule has 2 heteroatoms. The molecule has 0 bridgehead atoms. The fraction of sp³-hybridized carbons (Fsp3) is 0.951. The summed E-state index contributed by atoms with van der Waals surface area (Å²) >= 11 is 0. The lowest BCUT2D eigenvalue weighted by atomic mass is 9.39. The summed E-state index contributed by atoms with van der Waals surface area (Å²) in [6.45, 7) is 19.3. The number of carbonyl (C=O) groups is 1. The molecule has 43 heavy (non-hydrogen) atoms. The van der Waals surface area contributed by atoms with Gasteiger partial charge in [-0.1, -0.05) is 165 Å². The second kappa shape index (κ2) is 25.6. The average molecular weight is 606 g/mol. The van der Waals surface area contributed by atoms with Crippen LogP contribution in [-0.2, 0) is 4.79 Å². The van der Waals surface area contributed by atoms with Gasteiger partial charge < -0.3 is 5.11 Å². The maximum atomic E-state index is 11.7. The highest BCUT2D eigenvalue weighted by Crippen LogP contribution is 2.70. The zero-order chi connectivity index (χ0) is 32.5. The van der Waals surface area contributed by atoms with Crippen molar-refractivity contribution < 1.29 is 9.90 Å². The molecule has 0 rings (SSSR count). The smallest absolute Gasteiger partial charge is 0.303 e. The number of carboxylic acids is 1. The molecular formula is C41H81O2. The number of rotatable bonds is 32. The zero-order valence-corrected chi connectivity index (χ0v) is 31.2. The molecule has 1 atom stereocenters. The first-order valence-electron chi connectivity index (χ1n) is 19.9. The van der Waals surface area contributed by atoms with Crippen molar-refractivity contribution in [3.63, 3.8) is 0 Å². The minimum Gasteiger partial charge on any atom is -0.481 e. The first kappa shape index (κ1) is 42.5. The number of aliphatic carboxylic acids is 1. The van der Waals surface area contributed by atoms with Crippen LogP contribution in [0.4, 0.5) is 0 Å². The number of hydrogen-bond donors (Lipinski definition) is 1. The summed E-state index contributed by atoms with van der Waals surface area (Å²) in [6, 6.07) is 0. The average Bonchev–Trinajstić information content (AvgIpc) is 3.01. The standard InChI is InChI=1S/C41H81O2/c1-9-17-27-37(28-18-10-2)40(33-22-14-6,34-23-15-7)41(35-24-16-8,36-26-25-29-38(42)43)39(30-19-11-3,31-20-12-4)32-21-13-5/h9-36H2,1-8H3,(H,42,43). The van der Waals surface area contributed by atoms with Gasteiger partial charge in [0.25, 0.3) is 0 Å². The Morgan fingerprint density at radius 2 is 0.767 bits per heavy atom. The van der Waals surface area contributed by atoms with Gasteiger partial charge in [0.05, 0.1) is 0 Å². The van der Waals surface area contributed by atoms with Crippen LogP contribution < -0.4 is 0 Å². The topological polar surface area (TPSA) is 37.3 Å². The van der Waals surface area contributed by atoms with Crippen LogP contribution in [-0.4, -0.2) is 11.1 Å². The highest BCUT2D eigenvalue weighted by Gasteiger charge is 2.61. The molecule has 0 heterocycles. The molecule has 0 amide bonds. The number of unbranched alkanes of at least 4 members (excludes halogenated alkanes) is 9. The summed E-state index contributed by atoms with van der Waals surface area (Å²) < 4.78 is 0. The molecule has 1 N–H and O–H groups in total. The third-order valence-electron chi connectivity index (χ3n) is 11.4. The quantitative estimate of drug-likeness (QED) is 0.0774. The fourth-order valence-electron chi connectivity index (χ4n) is 9.10. The first-order valence-corrected chi connectivity index (χ1v) is 19.9. The van der Waals surface area contributed by atoms with Crippen LogP contribution in [0.15, 0.2) is 0 Å². The van der Waals surface area contributed by atoms with E-state index in [2.05, 4.69) is 55.4 Å². The Bertz CT molecular complexity index is 602. The van der Waals surface area contributed by atoms with Crippen molar-refractivity contribution >= 4 is 5.97 Å². The van der Waals surface area contributed by atoms with Gasteiger partial charge in [-0.2, -0.15) is 0 Å². The molecule has 0 spiro atoms. The molecule has 0 aromatic carbocycles. The van der Waals surface area contributed by atoms with Crippen molar-refractivity contribution in [2.45, 2.75) is 235 Å². The minimum absolute atomic E-state index is 0.259. The monoisotopic (exact) mass is 606 g/mol. The van der Waals surface area contributed by atoms with Crippen LogP contribution in [0.25, 0.3) is 0 Å². The van der Waals surface area contributed by atoms with Crippen LogP contribution in [0.2, 0.25) is 0 Å². The van der Waals surface area contributed by atoms with Crippen LogP contribution >= 0.6 is 0 Å². The molecule has 1 radical (unpaired) electrons. The molecule has 1 unspecified atom stereocenters. The second-order valence-corrected chi connectivity index (χ2v) is 14.5. The van der Waals surface area contributed by atoms with Crippen LogP contribution in [0.5, 0.6) is 0 Å². The molecule has 0 aliphatic heterocycles. The van der Waals surface area contributed by atoms with E-state index in [-0.39, 0.29) is 10.8 Å². The molecule has 0 aromatic heterocycles. The molecule has 0 aliphatic rings. The summed E-state index contributed by atoms with van der Waals surface area (Å²) in [5.74, 6) is 1.34. The van der Waals surface area contributed by atoms with E-state index in [4.69, 9.17) is 0 Å². The minimum atomic E-state index is -0.616. The third-order valence-corrected chi connectivity index (χ3v) is 11.4. The van der Waals surface area contributed by atoms with E-state index in [1.807, 2.05) is 5.92 Å². The van der Waals surface area contributed by atoms with Crippen LogP contribution in [0.3, 0.4) is 0 Å². The van der Waals surface area contributed by atoms with Crippen molar-refractivity contribution in [2.24, 2.45) is 16.2 Å². The molecule has 257 valence electrons. The Morgan fingerprint density at radius 1 is 0.419 bits per heavy atom. The Labute approximate surface area is 272 Å². The summed E-state index contributed by atoms with van der Waals surface area (Å²) in [7, 11) is 0. The molecular weight excluding hydrogens is 524 g/mol. The molecule has 0 fully saturated rings. The maximum absolute atomic E-state index is 11.7. The van der Waals surface area contributed by atoms with Crippen molar-refractivity contribution in [1.29, 1.82) is 0 Å². The third kappa shape index (κ3) is 13.4. The summed E-state index contributed by atoms with van der Waals surface area (Å²) in [5.41, 5.74) is 0.880. The van der Waals surface area contributed by atoms with Crippen LogP contribution in [0.1, 0.15) is 235 Å². The molecule has 2 nitrogen and oxygen atoms in total. The normalized spacial score (nSPS) is 14.0. The van der Waals surface area contributed by atoms with Gasteiger partial charge in [-0.3, -0.25) is 4.79 Å². The lowest BCUT2D eigenvalue weighted by Gasteiger charge is -2.65. The highest BCUT2D eigenvalue weighted by molar-refractivity contribution is 5.66. The van der Waals surface area contributed by atoms with Crippen LogP contribution in [0, 0.1) is 22.2 Å². The number of carboxylic acid groups (broad SMARTS) is 1. The Morgan fingerprint density at radius 3 is 1.14 bits per heavy atom. The summed E-state index contributed by atoms with van der Waals surface area (Å²) in [6.07, 6.45) is 35.2. The van der Waals surface area contributed by atoms with Crippen molar-refractivity contribution in [1.82, 2.24) is 0 Å². The SMILES string of the molecule is CCCC[C](CCCC)C(CCCC)(CCCC)C(CCCC)(CCCCC(=O)O)C(CCCC)(CCCC)CCCC. The lowest BCUT2D eigenvalue weighted by molar-refractivity contribution is -0.138. The fourth-order valence-corrected chi connectivity index (χ4v) is 9.10. The first-order chi connectivity index (χ1) is 20.8. The van der Waals surface area contributed by atoms with E-state index in [9.17, 15) is 9.90 Å². The predicted octanol–water partition coefficient (Wildman–Crippen LogP) is 14.7. The summed E-state index contributed by atoms with van der Waals surface area (Å²) in [4.78, 5) is 11.7. The largest absolute Gasteiger partial charge is 0.481 e. The van der Waals surface area contributed by atoms with Crippen molar-refractivity contribution in [3.8, 4) is 0 Å². The van der Waals surface area contributed by atoms with E-state index in [0.29, 0.717) is 11.8 Å². The van der Waals surface area contributed by atoms with Gasteiger partial charge in [0.2, 0.25) is 0 Å². The van der Waals surface area contributed by atoms with Gasteiger partial charge in [0.1, 0.15) is 0 Å². The van der Waals surface area contributed by atoms with E-state index < -0.39 is 5.97 Å². The van der Waals surface area contributed by atoms with E-state index in [0.717, 1.165) is 12.8 Å². The number of hydrogen-bond acceptors (Lipinski definition) is 1. The van der Waals surface area contributed by atoms with Gasteiger partial charge in [-0.05, 0) is 86.4 Å². The highest BCUT2D eigenvalue weighted by atomic mass is 16.4. The summed E-state index contributed by atoms with van der Waals surface area (Å²) in [5, 5.41) is 9.66. The lowest BCUT2D eigenvalue weighted by Crippen LogP contribution is -2.57. The van der Waals surface area contributed by atoms with E-state index in [1.165, 1.54) is 161 Å². The van der Waals surface area contributed by atoms with Gasteiger partial charge >= 0.3 is 5.97 Å². The van der Waals surface area contributed by atoms with E-state index in [1.54, 1.807) is 0 Å². The Hall–Kier alpha value is -0.530. The maximum Gasteiger partial charge on any atom is 0.303 e. The van der Waals surface area contributed by atoms with Gasteiger partial charge in [0, 0.05) is 6.42 Å². The zero-order valence-electron chi connectivity index (χ0n) is 31.2. The van der Waals surface area contributed by atoms with Gasteiger partial charge in [0.15, 0.2) is 0 Å². The Balaban J connectivity index is 7.96.